The molecule has 0 heterocycles. The zero-order chi connectivity index (χ0) is 30.3. The zero-order valence-electron chi connectivity index (χ0n) is 25.0. The van der Waals surface area contributed by atoms with Gasteiger partial charge in [-0.05, 0) is 52.8 Å². The Balaban J connectivity index is 1.80. The highest BCUT2D eigenvalue weighted by atomic mass is 32.2. The van der Waals surface area contributed by atoms with Crippen LogP contribution in [0.5, 0.6) is 0 Å². The molecule has 0 aliphatic carbocycles. The fraction of sp³-hybridized carbons (Fsp3) is 0.424. The minimum absolute atomic E-state index is 0.0356. The summed E-state index contributed by atoms with van der Waals surface area (Å²) in [6.45, 7) is 5.32. The van der Waals surface area contributed by atoms with E-state index in [2.05, 4.69) is 53.6 Å². The van der Waals surface area contributed by atoms with Crippen LogP contribution in [0.3, 0.4) is 0 Å². The van der Waals surface area contributed by atoms with Crippen molar-refractivity contribution >= 4 is 52.1 Å². The lowest BCUT2D eigenvalue weighted by Gasteiger charge is -2.31. The van der Waals surface area contributed by atoms with Crippen molar-refractivity contribution in [1.29, 1.82) is 0 Å². The summed E-state index contributed by atoms with van der Waals surface area (Å²) in [5.74, 6) is 0.504. The smallest absolute Gasteiger partial charge is 0.328 e. The van der Waals surface area contributed by atoms with Gasteiger partial charge in [0.1, 0.15) is 6.04 Å². The molecule has 0 aromatic heterocycles. The number of nitrogens with one attached hydrogen (secondary N) is 2. The minimum atomic E-state index is -0.700. The van der Waals surface area contributed by atoms with E-state index in [0.717, 1.165) is 33.4 Å². The van der Waals surface area contributed by atoms with Crippen molar-refractivity contribution in [2.75, 3.05) is 38.0 Å². The summed E-state index contributed by atoms with van der Waals surface area (Å²) >= 11 is 3.12. The number of fused-ring (bicyclic) bond motifs is 1. The van der Waals surface area contributed by atoms with E-state index in [0.29, 0.717) is 25.3 Å². The normalized spacial score (nSPS) is 13.4. The number of nitrogens with zero attached hydrogens (tertiary/aromatic N) is 1. The highest BCUT2D eigenvalue weighted by molar-refractivity contribution is 8.00. The number of benzene rings is 3. The lowest BCUT2D eigenvalue weighted by molar-refractivity contribution is -0.145. The van der Waals surface area contributed by atoms with Gasteiger partial charge in [0.2, 0.25) is 11.8 Å². The van der Waals surface area contributed by atoms with Gasteiger partial charge in [-0.3, -0.25) is 14.5 Å². The number of thioether (sulfide) groups is 2. The van der Waals surface area contributed by atoms with Gasteiger partial charge in [-0.15, -0.1) is 11.8 Å². The molecule has 7 nitrogen and oxygen atoms in total. The van der Waals surface area contributed by atoms with E-state index in [-0.39, 0.29) is 30.3 Å². The van der Waals surface area contributed by atoms with Crippen molar-refractivity contribution in [1.82, 2.24) is 15.5 Å². The average Bonchev–Trinajstić information content (AvgIpc) is 3.01. The van der Waals surface area contributed by atoms with Gasteiger partial charge in [0.05, 0.1) is 19.4 Å². The molecule has 2 amide bonds. The van der Waals surface area contributed by atoms with Crippen molar-refractivity contribution in [3.05, 3.63) is 78.4 Å². The first kappa shape index (κ1) is 33.5. The molecule has 3 aromatic rings. The Morgan fingerprint density at radius 3 is 2.36 bits per heavy atom. The molecule has 226 valence electrons. The summed E-state index contributed by atoms with van der Waals surface area (Å²) in [6.07, 6.45) is 3.33. The Hall–Kier alpha value is -3.01. The lowest BCUT2D eigenvalue weighted by atomic mass is 9.97. The molecule has 3 rings (SSSR count). The Morgan fingerprint density at radius 2 is 1.64 bits per heavy atom. The average molecular weight is 610 g/mol. The lowest BCUT2D eigenvalue weighted by Crippen LogP contribution is -2.51. The van der Waals surface area contributed by atoms with Crippen molar-refractivity contribution in [2.24, 2.45) is 5.92 Å². The molecule has 0 spiro atoms. The van der Waals surface area contributed by atoms with E-state index in [4.69, 9.17) is 4.74 Å². The molecule has 3 aromatic carbocycles. The topological polar surface area (TPSA) is 87.7 Å². The van der Waals surface area contributed by atoms with Crippen molar-refractivity contribution in [3.63, 3.8) is 0 Å². The van der Waals surface area contributed by atoms with Crippen LogP contribution >= 0.6 is 23.5 Å². The molecule has 42 heavy (non-hydrogen) atoms. The van der Waals surface area contributed by atoms with E-state index in [1.54, 1.807) is 11.8 Å². The standard InChI is InChI=1S/C33H43N3O4S2/c1-5-24(2)30(35-32(38)23-42-27-15-7-6-8-16-27)21-36(20-26-14-11-13-25-12-9-10-17-28(25)26)22-31(37)34-29(18-19-41-4)33(39)40-3/h6-17,24,29-30H,5,18-23H2,1-4H3,(H,34,37)(H,35,38)/t24-,29-,30+/m0/s1. The van der Waals surface area contributed by atoms with Crippen molar-refractivity contribution in [2.45, 2.75) is 50.2 Å². The fourth-order valence-electron chi connectivity index (χ4n) is 4.77. The van der Waals surface area contributed by atoms with E-state index >= 15 is 0 Å². The van der Waals surface area contributed by atoms with Crippen LogP contribution in [0.15, 0.2) is 77.7 Å². The van der Waals surface area contributed by atoms with Crippen LogP contribution in [-0.2, 0) is 25.7 Å². The van der Waals surface area contributed by atoms with Crippen LogP contribution in [-0.4, -0.2) is 72.7 Å². The third kappa shape index (κ3) is 10.7. The highest BCUT2D eigenvalue weighted by Gasteiger charge is 2.26. The van der Waals surface area contributed by atoms with Crippen LogP contribution in [0, 0.1) is 5.92 Å². The number of hydrogen-bond acceptors (Lipinski definition) is 7. The largest absolute Gasteiger partial charge is 0.467 e. The van der Waals surface area contributed by atoms with Gasteiger partial charge in [-0.2, -0.15) is 11.8 Å². The maximum absolute atomic E-state index is 13.3. The summed E-state index contributed by atoms with van der Waals surface area (Å²) in [6, 6.07) is 23.4. The van der Waals surface area contributed by atoms with Crippen molar-refractivity contribution < 1.29 is 19.1 Å². The number of esters is 1. The van der Waals surface area contributed by atoms with Gasteiger partial charge in [-0.25, -0.2) is 4.79 Å². The predicted octanol–water partition coefficient (Wildman–Crippen LogP) is 5.38. The third-order valence-corrected chi connectivity index (χ3v) is 8.97. The number of rotatable bonds is 17. The van der Waals surface area contributed by atoms with Gasteiger partial charge in [0, 0.05) is 24.0 Å². The summed E-state index contributed by atoms with van der Waals surface area (Å²) in [5.41, 5.74) is 1.10. The molecule has 9 heteroatoms. The maximum atomic E-state index is 13.3. The molecule has 0 saturated carbocycles. The summed E-state index contributed by atoms with van der Waals surface area (Å²) in [7, 11) is 1.34. The Labute approximate surface area is 258 Å². The van der Waals surface area contributed by atoms with Gasteiger partial charge in [0.25, 0.3) is 0 Å². The second kappa shape index (κ2) is 17.8. The van der Waals surface area contributed by atoms with Gasteiger partial charge in [-0.1, -0.05) is 80.9 Å². The first-order valence-corrected chi connectivity index (χ1v) is 16.7. The molecule has 0 bridgehead atoms. The molecule has 0 fully saturated rings. The number of methoxy groups -OCH3 is 1. The van der Waals surface area contributed by atoms with Crippen molar-refractivity contribution in [3.8, 4) is 0 Å². The van der Waals surface area contributed by atoms with E-state index < -0.39 is 12.0 Å². The summed E-state index contributed by atoms with van der Waals surface area (Å²) in [4.78, 5) is 41.9. The first-order valence-electron chi connectivity index (χ1n) is 14.4. The molecule has 0 radical (unpaired) electrons. The highest BCUT2D eigenvalue weighted by Crippen LogP contribution is 2.22. The fourth-order valence-corrected chi connectivity index (χ4v) is 5.97. The second-order valence-corrected chi connectivity index (χ2v) is 12.4. The molecule has 0 aliphatic rings. The van der Waals surface area contributed by atoms with Gasteiger partial charge in [0.15, 0.2) is 0 Å². The summed E-state index contributed by atoms with van der Waals surface area (Å²) in [5, 5.41) is 8.40. The number of hydrogen-bond donors (Lipinski definition) is 2. The SMILES string of the molecule is CC[C@H](C)[C@@H](CN(CC(=O)N[C@@H](CCSC)C(=O)OC)Cc1cccc2ccccc12)NC(=O)CSc1ccccc1. The Bertz CT molecular complexity index is 1290. The number of carbonyl (C=O) groups excluding carboxylic acids is 3. The van der Waals surface area contributed by atoms with Gasteiger partial charge < -0.3 is 15.4 Å². The monoisotopic (exact) mass is 609 g/mol. The summed E-state index contributed by atoms with van der Waals surface area (Å²) < 4.78 is 4.94. The zero-order valence-corrected chi connectivity index (χ0v) is 26.6. The second-order valence-electron chi connectivity index (χ2n) is 10.4. The molecular weight excluding hydrogens is 567 g/mol. The van der Waals surface area contributed by atoms with E-state index in [1.165, 1.54) is 18.9 Å². The Morgan fingerprint density at radius 1 is 0.929 bits per heavy atom. The molecule has 0 saturated heterocycles. The van der Waals surface area contributed by atoms with E-state index in [9.17, 15) is 14.4 Å². The predicted molar refractivity (Wildman–Crippen MR) is 175 cm³/mol. The molecular formula is C33H43N3O4S2. The molecule has 0 unspecified atom stereocenters. The van der Waals surface area contributed by atoms with E-state index in [1.807, 2.05) is 54.8 Å². The number of amides is 2. The minimum Gasteiger partial charge on any atom is -0.467 e. The molecule has 2 N–H and O–H groups in total. The maximum Gasteiger partial charge on any atom is 0.328 e. The van der Waals surface area contributed by atoms with Gasteiger partial charge >= 0.3 is 5.97 Å². The molecule has 0 aliphatic heterocycles. The number of ether oxygens (including phenoxy) is 1. The third-order valence-electron chi connectivity index (χ3n) is 7.32. The van der Waals surface area contributed by atoms with Crippen LogP contribution in [0.4, 0.5) is 0 Å². The van der Waals surface area contributed by atoms with Crippen LogP contribution < -0.4 is 10.6 Å². The van der Waals surface area contributed by atoms with Crippen LogP contribution in [0.25, 0.3) is 10.8 Å². The Kier molecular flexibility index (Phi) is 14.2. The van der Waals surface area contributed by atoms with Crippen LogP contribution in [0.1, 0.15) is 32.3 Å². The number of carbonyl (C=O) groups is 3. The first-order chi connectivity index (χ1) is 20.3. The van der Waals surface area contributed by atoms with Crippen LogP contribution in [0.2, 0.25) is 0 Å². The quantitative estimate of drug-likeness (QED) is 0.157. The molecule has 3 atom stereocenters.